The Morgan fingerprint density at radius 1 is 0.952 bits per heavy atom. The van der Waals surface area contributed by atoms with E-state index in [2.05, 4.69) is 130 Å². The lowest BCUT2D eigenvalue weighted by molar-refractivity contribution is 0.325. The second-order valence-electron chi connectivity index (χ2n) is 10.6. The van der Waals surface area contributed by atoms with Crippen LogP contribution in [0.4, 0.5) is 11.4 Å². The van der Waals surface area contributed by atoms with Gasteiger partial charge < -0.3 is 15.1 Å². The van der Waals surface area contributed by atoms with Crippen LogP contribution in [0.25, 0.3) is 34.2 Å². The topological polar surface area (TPSA) is 55.2 Å². The third-order valence-corrected chi connectivity index (χ3v) is 8.03. The molecule has 1 aromatic heterocycles. The molecule has 1 unspecified atom stereocenters. The van der Waals surface area contributed by atoms with E-state index in [0.29, 0.717) is 11.5 Å². The number of hydrogen-bond acceptors (Lipinski definition) is 5. The fraction of sp³-hybridized carbons (Fsp3) is 0.162. The molecule has 1 atom stereocenters. The van der Waals surface area contributed by atoms with E-state index in [-0.39, 0.29) is 0 Å². The summed E-state index contributed by atoms with van der Waals surface area (Å²) in [5, 5.41) is 14.5. The van der Waals surface area contributed by atoms with E-state index in [4.69, 9.17) is 0 Å². The average molecular weight is 548 g/mol. The number of nitrogens with zero attached hydrogens (tertiary/aromatic N) is 4. The van der Waals surface area contributed by atoms with Gasteiger partial charge in [0.05, 0.1) is 16.8 Å². The first kappa shape index (κ1) is 26.9. The molecule has 5 heteroatoms. The Morgan fingerprint density at radius 2 is 1.69 bits per heavy atom. The van der Waals surface area contributed by atoms with E-state index in [0.717, 1.165) is 71.8 Å². The average Bonchev–Trinajstić information content (AvgIpc) is 3.04. The zero-order valence-electron chi connectivity index (χ0n) is 23.6. The molecule has 206 valence electrons. The molecule has 2 aliphatic rings. The molecule has 1 saturated heterocycles. The lowest BCUT2D eigenvalue weighted by atomic mass is 9.95. The van der Waals surface area contributed by atoms with Gasteiger partial charge in [0, 0.05) is 43.4 Å². The molecular weight excluding hydrogens is 514 g/mol. The van der Waals surface area contributed by atoms with Gasteiger partial charge in [-0.1, -0.05) is 85.2 Å². The van der Waals surface area contributed by atoms with Gasteiger partial charge >= 0.3 is 0 Å². The fourth-order valence-electron chi connectivity index (χ4n) is 5.70. The molecule has 1 fully saturated rings. The minimum absolute atomic E-state index is 0.323. The molecule has 0 radical (unpaired) electrons. The molecular formula is C37H33N5. The van der Waals surface area contributed by atoms with Crippen molar-refractivity contribution < 1.29 is 0 Å². The van der Waals surface area contributed by atoms with E-state index in [1.807, 2.05) is 12.1 Å². The first-order valence-corrected chi connectivity index (χ1v) is 14.3. The number of pyridine rings is 1. The van der Waals surface area contributed by atoms with Crippen LogP contribution in [-0.2, 0) is 0 Å². The van der Waals surface area contributed by atoms with Crippen LogP contribution in [0.5, 0.6) is 0 Å². The second kappa shape index (κ2) is 12.1. The van der Waals surface area contributed by atoms with Crippen LogP contribution in [0, 0.1) is 17.2 Å². The van der Waals surface area contributed by atoms with E-state index in [9.17, 15) is 5.26 Å². The fourth-order valence-corrected chi connectivity index (χ4v) is 5.70. The van der Waals surface area contributed by atoms with Crippen molar-refractivity contribution in [2.75, 3.05) is 36.4 Å². The number of benzene rings is 3. The molecule has 5 nitrogen and oxygen atoms in total. The van der Waals surface area contributed by atoms with Crippen LogP contribution < -0.4 is 10.2 Å². The number of nitrogens with one attached hydrogen (secondary N) is 1. The number of aromatic nitrogens is 1. The highest BCUT2D eigenvalue weighted by molar-refractivity contribution is 5.97. The maximum absolute atomic E-state index is 10.0. The van der Waals surface area contributed by atoms with Gasteiger partial charge in [-0.2, -0.15) is 5.26 Å². The monoisotopic (exact) mass is 547 g/mol. The van der Waals surface area contributed by atoms with Crippen LogP contribution >= 0.6 is 0 Å². The highest BCUT2D eigenvalue weighted by Gasteiger charge is 2.24. The van der Waals surface area contributed by atoms with Gasteiger partial charge in [-0.15, -0.1) is 6.58 Å². The van der Waals surface area contributed by atoms with Crippen molar-refractivity contribution in [3.8, 4) is 17.2 Å². The Hall–Kier alpha value is -5.30. The Morgan fingerprint density at radius 3 is 2.40 bits per heavy atom. The third kappa shape index (κ3) is 5.49. The van der Waals surface area contributed by atoms with Crippen LogP contribution in [0.15, 0.2) is 116 Å². The summed E-state index contributed by atoms with van der Waals surface area (Å²) in [5.74, 6) is 1.18. The summed E-state index contributed by atoms with van der Waals surface area (Å²) in [6.07, 6.45) is 13.3. The molecule has 1 N–H and O–H groups in total. The minimum Gasteiger partial charge on any atom is -0.366 e. The normalized spacial score (nSPS) is 16.1. The van der Waals surface area contributed by atoms with E-state index < -0.39 is 0 Å². The second-order valence-corrected chi connectivity index (χ2v) is 10.6. The molecule has 0 spiro atoms. The van der Waals surface area contributed by atoms with Gasteiger partial charge in [0.2, 0.25) is 0 Å². The molecule has 4 aromatic rings. The largest absolute Gasteiger partial charge is 0.366 e. The summed E-state index contributed by atoms with van der Waals surface area (Å²) in [6, 6.07) is 25.5. The van der Waals surface area contributed by atoms with Gasteiger partial charge in [0.15, 0.2) is 5.82 Å². The lowest BCUT2D eigenvalue weighted by Crippen LogP contribution is -2.47. The van der Waals surface area contributed by atoms with Crippen molar-refractivity contribution in [3.63, 3.8) is 0 Å². The summed E-state index contributed by atoms with van der Waals surface area (Å²) >= 11 is 0. The summed E-state index contributed by atoms with van der Waals surface area (Å²) in [5.41, 5.74) is 11.2. The van der Waals surface area contributed by atoms with Crippen molar-refractivity contribution in [1.82, 2.24) is 9.88 Å². The van der Waals surface area contributed by atoms with E-state index >= 15 is 0 Å². The Bertz CT molecular complexity index is 1760. The first-order chi connectivity index (χ1) is 20.7. The van der Waals surface area contributed by atoms with Crippen LogP contribution in [0.2, 0.25) is 0 Å². The number of piperazine rings is 1. The number of allylic oxidation sites excluding steroid dienone is 3. The molecule has 6 rings (SSSR count). The molecule has 42 heavy (non-hydrogen) atoms. The van der Waals surface area contributed by atoms with E-state index in [1.165, 1.54) is 11.1 Å². The van der Waals surface area contributed by atoms with Crippen LogP contribution in [-0.4, -0.2) is 36.1 Å². The standard InChI is InChI=1S/C37H33N5/c1-3-27-9-8-12-30-23-34-35(24-31(30)14-13-27)39-26-32(25-38)37(34)42-21-19-41(20-22-42)36(4-2)40-33-17-15-29(16-18-33)28-10-6-5-7-11-28/h3,5-8,10-18,23-24,26-27,40H,1-2,9,19-22H2. The Balaban J connectivity index is 1.21. The minimum atomic E-state index is 0.323. The van der Waals surface area contributed by atoms with Gasteiger partial charge in [-0.05, 0) is 58.9 Å². The quantitative estimate of drug-likeness (QED) is 0.197. The summed E-state index contributed by atoms with van der Waals surface area (Å²) in [6.45, 7) is 11.0. The van der Waals surface area contributed by atoms with Crippen molar-refractivity contribution in [3.05, 3.63) is 133 Å². The Kier molecular flexibility index (Phi) is 7.72. The third-order valence-electron chi connectivity index (χ3n) is 8.03. The van der Waals surface area contributed by atoms with Crippen molar-refractivity contribution in [2.45, 2.75) is 6.42 Å². The van der Waals surface area contributed by atoms with Crippen LogP contribution in [0.3, 0.4) is 0 Å². The van der Waals surface area contributed by atoms with Gasteiger partial charge in [-0.3, -0.25) is 4.98 Å². The number of anilines is 2. The number of hydrogen-bond donors (Lipinski definition) is 1. The lowest BCUT2D eigenvalue weighted by Gasteiger charge is -2.38. The highest BCUT2D eigenvalue weighted by atomic mass is 15.3. The molecule has 2 heterocycles. The summed E-state index contributed by atoms with van der Waals surface area (Å²) in [4.78, 5) is 9.25. The maximum Gasteiger partial charge on any atom is 0.150 e. The van der Waals surface area contributed by atoms with Gasteiger partial charge in [0.25, 0.3) is 0 Å². The highest BCUT2D eigenvalue weighted by Crippen LogP contribution is 2.34. The summed E-state index contributed by atoms with van der Waals surface area (Å²) in [7, 11) is 0. The van der Waals surface area contributed by atoms with Gasteiger partial charge in [0.1, 0.15) is 6.07 Å². The number of fused-ring (bicyclic) bond motifs is 2. The van der Waals surface area contributed by atoms with E-state index in [1.54, 1.807) is 6.20 Å². The van der Waals surface area contributed by atoms with Crippen molar-refractivity contribution in [2.24, 2.45) is 5.92 Å². The van der Waals surface area contributed by atoms with Gasteiger partial charge in [-0.25, -0.2) is 0 Å². The number of rotatable bonds is 6. The van der Waals surface area contributed by atoms with Crippen molar-refractivity contribution >= 4 is 34.4 Å². The van der Waals surface area contributed by atoms with Crippen LogP contribution in [0.1, 0.15) is 23.1 Å². The first-order valence-electron chi connectivity index (χ1n) is 14.3. The Labute approximate surface area is 247 Å². The molecule has 0 saturated carbocycles. The zero-order chi connectivity index (χ0) is 28.9. The predicted molar refractivity (Wildman–Crippen MR) is 175 cm³/mol. The molecule has 0 amide bonds. The zero-order valence-corrected chi connectivity index (χ0v) is 23.6. The predicted octanol–water partition coefficient (Wildman–Crippen LogP) is 7.87. The maximum atomic E-state index is 10.0. The smallest absolute Gasteiger partial charge is 0.150 e. The molecule has 3 aromatic carbocycles. The molecule has 0 bridgehead atoms. The summed E-state index contributed by atoms with van der Waals surface area (Å²) < 4.78 is 0. The molecule has 1 aliphatic heterocycles. The SMILES string of the molecule is C=C=C(Nc1ccc(-c2ccccc2)cc1)N1CCN(c2c(C#N)cnc3cc4c(cc23)C=CCC(C=C)C=C4)CC1. The number of nitriles is 1. The van der Waals surface area contributed by atoms with Crippen molar-refractivity contribution in [1.29, 1.82) is 5.26 Å². The molecule has 1 aliphatic carbocycles.